The van der Waals surface area contributed by atoms with E-state index in [1.807, 2.05) is 20.8 Å². The summed E-state index contributed by atoms with van der Waals surface area (Å²) in [4.78, 5) is 24.0. The van der Waals surface area contributed by atoms with Gasteiger partial charge in [0.15, 0.2) is 5.78 Å². The van der Waals surface area contributed by atoms with Crippen molar-refractivity contribution in [1.82, 2.24) is 5.32 Å². The normalized spacial score (nSPS) is 29.1. The third-order valence-corrected chi connectivity index (χ3v) is 4.74. The van der Waals surface area contributed by atoms with Gasteiger partial charge in [-0.3, -0.25) is 9.59 Å². The molecule has 3 heteroatoms. The quantitative estimate of drug-likeness (QED) is 0.849. The Bertz CT molecular complexity index is 363. The van der Waals surface area contributed by atoms with Gasteiger partial charge in [-0.05, 0) is 30.6 Å². The van der Waals surface area contributed by atoms with Crippen LogP contribution in [-0.2, 0) is 9.59 Å². The Labute approximate surface area is 116 Å². The van der Waals surface area contributed by atoms with Gasteiger partial charge >= 0.3 is 0 Å². The summed E-state index contributed by atoms with van der Waals surface area (Å²) in [5.41, 5.74) is -0.209. The van der Waals surface area contributed by atoms with Gasteiger partial charge in [-0.1, -0.05) is 46.5 Å². The molecule has 0 radical (unpaired) electrons. The van der Waals surface area contributed by atoms with E-state index in [0.29, 0.717) is 5.92 Å². The minimum Gasteiger partial charge on any atom is -0.346 e. The SMILES string of the molecule is CC(=O)[C@@H](NC(=O)[C@H]1C[C@@H]1C1CCCC1)C(C)(C)C. The summed E-state index contributed by atoms with van der Waals surface area (Å²) in [6.07, 6.45) is 6.28. The van der Waals surface area contributed by atoms with Crippen LogP contribution >= 0.6 is 0 Å². The molecule has 2 aliphatic carbocycles. The van der Waals surface area contributed by atoms with Crippen LogP contribution in [0.15, 0.2) is 0 Å². The van der Waals surface area contributed by atoms with Crippen LogP contribution in [0.3, 0.4) is 0 Å². The van der Waals surface area contributed by atoms with Gasteiger partial charge < -0.3 is 5.32 Å². The van der Waals surface area contributed by atoms with Crippen molar-refractivity contribution in [2.45, 2.75) is 65.8 Å². The Kier molecular flexibility index (Phi) is 4.03. The van der Waals surface area contributed by atoms with E-state index in [9.17, 15) is 9.59 Å². The van der Waals surface area contributed by atoms with E-state index in [2.05, 4.69) is 5.32 Å². The van der Waals surface area contributed by atoms with Crippen molar-refractivity contribution in [3.63, 3.8) is 0 Å². The molecule has 0 bridgehead atoms. The van der Waals surface area contributed by atoms with E-state index in [-0.39, 0.29) is 29.1 Å². The smallest absolute Gasteiger partial charge is 0.224 e. The summed E-state index contributed by atoms with van der Waals surface area (Å²) in [6.45, 7) is 7.57. The molecule has 2 rings (SSSR count). The second kappa shape index (κ2) is 5.26. The van der Waals surface area contributed by atoms with E-state index in [1.165, 1.54) is 25.7 Å². The number of Topliss-reactive ketones (excluding diaryl/α,β-unsaturated/α-hetero) is 1. The fraction of sp³-hybridized carbons (Fsp3) is 0.875. The number of carbonyl (C=O) groups is 2. The minimum atomic E-state index is -0.357. The third kappa shape index (κ3) is 3.37. The molecule has 108 valence electrons. The number of ketones is 1. The second-order valence-corrected chi connectivity index (χ2v) is 7.47. The first-order valence-electron chi connectivity index (χ1n) is 7.61. The Balaban J connectivity index is 1.89. The van der Waals surface area contributed by atoms with Crippen LogP contribution in [-0.4, -0.2) is 17.7 Å². The molecule has 0 aromatic rings. The Morgan fingerprint density at radius 3 is 2.21 bits per heavy atom. The molecular weight excluding hydrogens is 238 g/mol. The van der Waals surface area contributed by atoms with Crippen molar-refractivity contribution in [2.75, 3.05) is 0 Å². The maximum absolute atomic E-state index is 12.3. The minimum absolute atomic E-state index is 0.0546. The van der Waals surface area contributed by atoms with E-state index >= 15 is 0 Å². The molecular formula is C16H27NO2. The Hall–Kier alpha value is -0.860. The number of nitrogens with one attached hydrogen (secondary N) is 1. The van der Waals surface area contributed by atoms with Gasteiger partial charge in [0.05, 0.1) is 6.04 Å². The lowest BCUT2D eigenvalue weighted by molar-refractivity contribution is -0.130. The first kappa shape index (κ1) is 14.5. The van der Waals surface area contributed by atoms with Crippen LogP contribution in [0.5, 0.6) is 0 Å². The van der Waals surface area contributed by atoms with Crippen LogP contribution < -0.4 is 5.32 Å². The molecule has 0 heterocycles. The Morgan fingerprint density at radius 1 is 1.16 bits per heavy atom. The summed E-state index contributed by atoms with van der Waals surface area (Å²) < 4.78 is 0. The largest absolute Gasteiger partial charge is 0.346 e. The molecule has 19 heavy (non-hydrogen) atoms. The number of amides is 1. The van der Waals surface area contributed by atoms with E-state index in [0.717, 1.165) is 12.3 Å². The molecule has 0 aromatic heterocycles. The molecule has 0 spiro atoms. The molecule has 0 aliphatic heterocycles. The first-order valence-corrected chi connectivity index (χ1v) is 7.61. The van der Waals surface area contributed by atoms with Gasteiger partial charge in [-0.2, -0.15) is 0 Å². The van der Waals surface area contributed by atoms with Crippen LogP contribution in [0.2, 0.25) is 0 Å². The molecule has 0 unspecified atom stereocenters. The van der Waals surface area contributed by atoms with Crippen LogP contribution in [0.1, 0.15) is 59.8 Å². The third-order valence-electron chi connectivity index (χ3n) is 4.74. The fourth-order valence-corrected chi connectivity index (χ4v) is 3.60. The predicted octanol–water partition coefficient (Wildman–Crippen LogP) is 2.93. The molecule has 1 amide bonds. The highest BCUT2D eigenvalue weighted by molar-refractivity contribution is 5.90. The highest BCUT2D eigenvalue weighted by atomic mass is 16.2. The van der Waals surface area contributed by atoms with Crippen molar-refractivity contribution in [3.8, 4) is 0 Å². The van der Waals surface area contributed by atoms with Crippen molar-refractivity contribution in [1.29, 1.82) is 0 Å². The lowest BCUT2D eigenvalue weighted by Gasteiger charge is -2.29. The summed E-state index contributed by atoms with van der Waals surface area (Å²) in [5, 5.41) is 2.98. The molecule has 1 N–H and O–H groups in total. The topological polar surface area (TPSA) is 46.2 Å². The summed E-state index contributed by atoms with van der Waals surface area (Å²) in [5.74, 6) is 1.69. The number of carbonyl (C=O) groups excluding carboxylic acids is 2. The monoisotopic (exact) mass is 265 g/mol. The molecule has 0 saturated heterocycles. The van der Waals surface area contributed by atoms with Gasteiger partial charge in [-0.25, -0.2) is 0 Å². The molecule has 2 saturated carbocycles. The first-order chi connectivity index (χ1) is 8.80. The zero-order valence-electron chi connectivity index (χ0n) is 12.7. The van der Waals surface area contributed by atoms with Crippen LogP contribution in [0.25, 0.3) is 0 Å². The predicted molar refractivity (Wildman–Crippen MR) is 75.6 cm³/mol. The van der Waals surface area contributed by atoms with E-state index in [4.69, 9.17) is 0 Å². The highest BCUT2D eigenvalue weighted by Gasteiger charge is 2.48. The molecule has 2 fully saturated rings. The molecule has 3 nitrogen and oxygen atoms in total. The highest BCUT2D eigenvalue weighted by Crippen LogP contribution is 2.50. The van der Waals surface area contributed by atoms with Gasteiger partial charge in [0.25, 0.3) is 0 Å². The van der Waals surface area contributed by atoms with Crippen LogP contribution in [0.4, 0.5) is 0 Å². The summed E-state index contributed by atoms with van der Waals surface area (Å²) in [7, 11) is 0. The van der Waals surface area contributed by atoms with Crippen molar-refractivity contribution in [2.24, 2.45) is 23.2 Å². The average Bonchev–Trinajstić information content (AvgIpc) is 2.90. The lowest BCUT2D eigenvalue weighted by Crippen LogP contribution is -2.49. The maximum atomic E-state index is 12.3. The van der Waals surface area contributed by atoms with Crippen LogP contribution in [0, 0.1) is 23.2 Å². The van der Waals surface area contributed by atoms with Crippen molar-refractivity contribution < 1.29 is 9.59 Å². The molecule has 2 aliphatic rings. The van der Waals surface area contributed by atoms with Crippen molar-refractivity contribution in [3.05, 3.63) is 0 Å². The Morgan fingerprint density at radius 2 is 1.74 bits per heavy atom. The standard InChI is InChI=1S/C16H27NO2/c1-10(18)14(16(2,3)4)17-15(19)13-9-12(13)11-7-5-6-8-11/h11-14H,5-9H2,1-4H3,(H,17,19)/t12-,13+,14-/m1/s1. The number of hydrogen-bond acceptors (Lipinski definition) is 2. The second-order valence-electron chi connectivity index (χ2n) is 7.47. The fourth-order valence-electron chi connectivity index (χ4n) is 3.60. The van der Waals surface area contributed by atoms with Crippen molar-refractivity contribution >= 4 is 11.7 Å². The van der Waals surface area contributed by atoms with E-state index < -0.39 is 0 Å². The molecule has 0 aromatic carbocycles. The zero-order valence-corrected chi connectivity index (χ0v) is 12.7. The lowest BCUT2D eigenvalue weighted by atomic mass is 9.84. The number of hydrogen-bond donors (Lipinski definition) is 1. The maximum Gasteiger partial charge on any atom is 0.224 e. The molecule has 3 atom stereocenters. The van der Waals surface area contributed by atoms with Gasteiger partial charge in [0.2, 0.25) is 5.91 Å². The van der Waals surface area contributed by atoms with Gasteiger partial charge in [-0.15, -0.1) is 0 Å². The summed E-state index contributed by atoms with van der Waals surface area (Å²) in [6, 6.07) is -0.357. The van der Waals surface area contributed by atoms with E-state index in [1.54, 1.807) is 6.92 Å². The zero-order chi connectivity index (χ0) is 14.2. The average molecular weight is 265 g/mol. The van der Waals surface area contributed by atoms with Gasteiger partial charge in [0, 0.05) is 5.92 Å². The number of rotatable bonds is 4. The van der Waals surface area contributed by atoms with Gasteiger partial charge in [0.1, 0.15) is 0 Å². The summed E-state index contributed by atoms with van der Waals surface area (Å²) >= 11 is 0.